The van der Waals surface area contributed by atoms with Crippen LogP contribution in [-0.4, -0.2) is 59.7 Å². The maximum atomic E-state index is 10.4. The van der Waals surface area contributed by atoms with Crippen LogP contribution in [-0.2, 0) is 11.3 Å². The Labute approximate surface area is 142 Å². The van der Waals surface area contributed by atoms with Crippen LogP contribution in [0.1, 0.15) is 24.8 Å². The molecule has 0 aromatic heterocycles. The lowest BCUT2D eigenvalue weighted by atomic mass is 9.74. The number of aliphatic hydroxyl groups excluding tert-OH is 2. The van der Waals surface area contributed by atoms with Crippen LogP contribution in [0.2, 0.25) is 5.02 Å². The van der Waals surface area contributed by atoms with E-state index in [1.54, 1.807) is 19.2 Å². The predicted octanol–water partition coefficient (Wildman–Crippen LogP) is 2.02. The van der Waals surface area contributed by atoms with Crippen LogP contribution in [0.15, 0.2) is 18.2 Å². The Hall–Kier alpha value is -0.850. The van der Waals surface area contributed by atoms with Gasteiger partial charge in [0.15, 0.2) is 0 Å². The lowest BCUT2D eigenvalue weighted by Gasteiger charge is -2.45. The van der Waals surface area contributed by atoms with Crippen molar-refractivity contribution in [2.75, 3.05) is 33.4 Å². The maximum absolute atomic E-state index is 10.4. The van der Waals surface area contributed by atoms with Gasteiger partial charge in [0.1, 0.15) is 5.75 Å². The lowest BCUT2D eigenvalue weighted by Crippen LogP contribution is -2.53. The third-order valence-corrected chi connectivity index (χ3v) is 5.19. The molecule has 1 aromatic rings. The minimum absolute atomic E-state index is 0.0534. The van der Waals surface area contributed by atoms with Crippen molar-refractivity contribution in [2.45, 2.75) is 31.9 Å². The number of methoxy groups -OCH3 is 1. The highest BCUT2D eigenvalue weighted by Gasteiger charge is 2.41. The van der Waals surface area contributed by atoms with Gasteiger partial charge in [0.25, 0.3) is 0 Å². The van der Waals surface area contributed by atoms with Crippen molar-refractivity contribution >= 4 is 11.6 Å². The second-order valence-electron chi connectivity index (χ2n) is 6.38. The molecular weight excluding hydrogens is 318 g/mol. The molecule has 130 valence electrons. The molecule has 6 heteroatoms. The van der Waals surface area contributed by atoms with Crippen molar-refractivity contribution in [1.29, 1.82) is 0 Å². The quantitative estimate of drug-likeness (QED) is 0.661. The van der Waals surface area contributed by atoms with Crippen molar-refractivity contribution in [3.05, 3.63) is 28.8 Å². The Kier molecular flexibility index (Phi) is 6.68. The number of aliphatic hydroxyl groups is 2. The normalized spacial score (nSPS) is 25.7. The number of benzene rings is 1. The Morgan fingerprint density at radius 3 is 2.91 bits per heavy atom. The fourth-order valence-electron chi connectivity index (χ4n) is 3.35. The minimum atomic E-state index is -0.528. The number of phenolic OH excluding ortho intramolecular Hbond substituents is 1. The topological polar surface area (TPSA) is 73.2 Å². The fourth-order valence-corrected chi connectivity index (χ4v) is 3.54. The molecule has 2 rings (SSSR count). The standard InChI is InChI=1S/C17H26ClNO4/c1-23-9-3-7-17(12-20)11-19(8-6-15(17)22)10-13-4-2-5-14(21)16(13)18/h2,4-5,15,20-22H,3,6-12H2,1H3/t15-,17+/m1/s1. The smallest absolute Gasteiger partial charge is 0.134 e. The summed E-state index contributed by atoms with van der Waals surface area (Å²) in [6, 6.07) is 5.22. The van der Waals surface area contributed by atoms with Crippen LogP contribution in [0.25, 0.3) is 0 Å². The zero-order valence-electron chi connectivity index (χ0n) is 13.5. The zero-order valence-corrected chi connectivity index (χ0v) is 14.3. The largest absolute Gasteiger partial charge is 0.506 e. The molecule has 3 N–H and O–H groups in total. The second-order valence-corrected chi connectivity index (χ2v) is 6.76. The predicted molar refractivity (Wildman–Crippen MR) is 89.6 cm³/mol. The van der Waals surface area contributed by atoms with Gasteiger partial charge >= 0.3 is 0 Å². The molecule has 0 amide bonds. The van der Waals surface area contributed by atoms with Crippen molar-refractivity contribution in [2.24, 2.45) is 5.41 Å². The van der Waals surface area contributed by atoms with Crippen LogP contribution >= 0.6 is 11.6 Å². The molecule has 5 nitrogen and oxygen atoms in total. The minimum Gasteiger partial charge on any atom is -0.506 e. The molecule has 23 heavy (non-hydrogen) atoms. The molecule has 0 radical (unpaired) electrons. The van der Waals surface area contributed by atoms with E-state index in [-0.39, 0.29) is 12.4 Å². The molecule has 1 fully saturated rings. The van der Waals surface area contributed by atoms with E-state index in [4.69, 9.17) is 16.3 Å². The highest BCUT2D eigenvalue weighted by atomic mass is 35.5. The van der Waals surface area contributed by atoms with Gasteiger partial charge in [-0.3, -0.25) is 4.90 Å². The second kappa shape index (κ2) is 8.31. The van der Waals surface area contributed by atoms with Gasteiger partial charge < -0.3 is 20.1 Å². The van der Waals surface area contributed by atoms with Gasteiger partial charge in [-0.05, 0) is 30.9 Å². The van der Waals surface area contributed by atoms with E-state index >= 15 is 0 Å². The van der Waals surface area contributed by atoms with Gasteiger partial charge in [-0.2, -0.15) is 0 Å². The number of ether oxygens (including phenoxy) is 1. The summed E-state index contributed by atoms with van der Waals surface area (Å²) in [6.07, 6.45) is 1.61. The van der Waals surface area contributed by atoms with Gasteiger partial charge in [0, 0.05) is 38.8 Å². The van der Waals surface area contributed by atoms with Crippen molar-refractivity contribution in [1.82, 2.24) is 4.90 Å². The number of aromatic hydroxyl groups is 1. The molecule has 1 saturated heterocycles. The molecule has 0 bridgehead atoms. The molecule has 0 unspecified atom stereocenters. The van der Waals surface area contributed by atoms with Gasteiger partial charge in [-0.1, -0.05) is 23.7 Å². The number of halogens is 1. The molecule has 2 atom stereocenters. The molecule has 1 aliphatic rings. The Morgan fingerprint density at radius 1 is 1.43 bits per heavy atom. The van der Waals surface area contributed by atoms with E-state index in [0.29, 0.717) is 37.6 Å². The average Bonchev–Trinajstić information content (AvgIpc) is 2.55. The number of rotatable bonds is 7. The molecule has 0 spiro atoms. The Bertz CT molecular complexity index is 513. The van der Waals surface area contributed by atoms with Crippen molar-refractivity contribution in [3.63, 3.8) is 0 Å². The zero-order chi connectivity index (χ0) is 16.9. The van der Waals surface area contributed by atoms with E-state index in [1.165, 1.54) is 0 Å². The van der Waals surface area contributed by atoms with Gasteiger partial charge in [-0.25, -0.2) is 0 Å². The molecule has 0 aliphatic carbocycles. The van der Waals surface area contributed by atoms with E-state index in [2.05, 4.69) is 4.90 Å². The molecule has 1 heterocycles. The van der Waals surface area contributed by atoms with E-state index < -0.39 is 11.5 Å². The van der Waals surface area contributed by atoms with Crippen LogP contribution in [0, 0.1) is 5.41 Å². The first-order valence-electron chi connectivity index (χ1n) is 7.99. The highest BCUT2D eigenvalue weighted by Crippen LogP contribution is 2.36. The van der Waals surface area contributed by atoms with E-state index in [9.17, 15) is 15.3 Å². The Balaban J connectivity index is 2.07. The fraction of sp³-hybridized carbons (Fsp3) is 0.647. The number of hydrogen-bond acceptors (Lipinski definition) is 5. The van der Waals surface area contributed by atoms with E-state index in [0.717, 1.165) is 18.5 Å². The Morgan fingerprint density at radius 2 is 2.22 bits per heavy atom. The highest BCUT2D eigenvalue weighted by molar-refractivity contribution is 6.32. The van der Waals surface area contributed by atoms with Crippen LogP contribution in [0.3, 0.4) is 0 Å². The third kappa shape index (κ3) is 4.37. The van der Waals surface area contributed by atoms with Gasteiger partial charge in [-0.15, -0.1) is 0 Å². The van der Waals surface area contributed by atoms with E-state index in [1.807, 2.05) is 6.07 Å². The number of hydrogen-bond donors (Lipinski definition) is 3. The molecular formula is C17H26ClNO4. The summed E-state index contributed by atoms with van der Waals surface area (Å²) in [5.41, 5.74) is 0.326. The SMILES string of the molecule is COCCC[C@@]1(CO)CN(Cc2cccc(O)c2Cl)CC[C@H]1O. The monoisotopic (exact) mass is 343 g/mol. The number of piperidine rings is 1. The molecule has 1 aliphatic heterocycles. The van der Waals surface area contributed by atoms with Crippen LogP contribution in [0.4, 0.5) is 0 Å². The first-order valence-corrected chi connectivity index (χ1v) is 8.37. The maximum Gasteiger partial charge on any atom is 0.134 e. The molecule has 0 saturated carbocycles. The number of phenols is 1. The summed E-state index contributed by atoms with van der Waals surface area (Å²) < 4.78 is 5.09. The first kappa shape index (κ1) is 18.5. The van der Waals surface area contributed by atoms with Gasteiger partial charge in [0.2, 0.25) is 0 Å². The van der Waals surface area contributed by atoms with Crippen molar-refractivity contribution in [3.8, 4) is 5.75 Å². The summed E-state index contributed by atoms with van der Waals surface area (Å²) in [6.45, 7) is 2.49. The number of likely N-dealkylation sites (tertiary alicyclic amines) is 1. The third-order valence-electron chi connectivity index (χ3n) is 4.75. The summed E-state index contributed by atoms with van der Waals surface area (Å²) in [5.74, 6) is 0.0785. The first-order chi connectivity index (χ1) is 11.0. The van der Waals surface area contributed by atoms with Crippen molar-refractivity contribution < 1.29 is 20.1 Å². The van der Waals surface area contributed by atoms with Gasteiger partial charge in [0.05, 0.1) is 17.7 Å². The number of nitrogens with zero attached hydrogens (tertiary/aromatic N) is 1. The average molecular weight is 344 g/mol. The summed E-state index contributed by atoms with van der Waals surface area (Å²) in [7, 11) is 1.65. The molecule has 1 aromatic carbocycles. The van der Waals surface area contributed by atoms with Crippen LogP contribution in [0.5, 0.6) is 5.75 Å². The lowest BCUT2D eigenvalue weighted by molar-refractivity contribution is -0.0843. The summed E-state index contributed by atoms with van der Waals surface area (Å²) >= 11 is 6.16. The summed E-state index contributed by atoms with van der Waals surface area (Å²) in [5, 5.41) is 30.4. The van der Waals surface area contributed by atoms with Crippen LogP contribution < -0.4 is 0 Å². The summed E-state index contributed by atoms with van der Waals surface area (Å²) in [4.78, 5) is 2.18.